The lowest BCUT2D eigenvalue weighted by Gasteiger charge is -2.14. The summed E-state index contributed by atoms with van der Waals surface area (Å²) in [6, 6.07) is 1.28. The number of nitrogens with zero attached hydrogens (tertiary/aromatic N) is 1. The smallest absolute Gasteiger partial charge is 0.491 e. The number of alkyl halides is 3. The fourth-order valence-corrected chi connectivity index (χ4v) is 1.48. The van der Waals surface area contributed by atoms with Crippen molar-refractivity contribution in [2.24, 2.45) is 0 Å². The molecule has 20 heavy (non-hydrogen) atoms. The number of halogens is 3. The van der Waals surface area contributed by atoms with E-state index in [0.29, 0.717) is 5.56 Å². The summed E-state index contributed by atoms with van der Waals surface area (Å²) in [5, 5.41) is 0. The zero-order chi connectivity index (χ0) is 15.3. The first-order valence-electron chi connectivity index (χ1n) is 5.72. The van der Waals surface area contributed by atoms with Crippen molar-refractivity contribution in [1.29, 1.82) is 0 Å². The molecule has 1 rings (SSSR count). The molecule has 0 unspecified atom stereocenters. The quantitative estimate of drug-likeness (QED) is 0.780. The maximum atomic E-state index is 12.2. The number of pyridine rings is 1. The number of hydrogen-bond acceptors (Lipinski definition) is 5. The molecule has 0 saturated heterocycles. The minimum absolute atomic E-state index is 0.102. The number of carbonyl (C=O) groups is 1. The Balaban J connectivity index is 3.03. The number of carbonyl (C=O) groups excluding carboxylic acids is 1. The molecule has 0 amide bonds. The summed E-state index contributed by atoms with van der Waals surface area (Å²) in [6.07, 6.45) is -4.97. The molecule has 1 aromatic rings. The van der Waals surface area contributed by atoms with Gasteiger partial charge in [-0.2, -0.15) is 0 Å². The van der Waals surface area contributed by atoms with Crippen LogP contribution in [0.1, 0.15) is 18.2 Å². The van der Waals surface area contributed by atoms with Gasteiger partial charge in [-0.05, 0) is 25.5 Å². The molecule has 112 valence electrons. The summed E-state index contributed by atoms with van der Waals surface area (Å²) in [5.41, 5.74) is 0.646. The highest BCUT2D eigenvalue weighted by molar-refractivity contribution is 5.73. The number of rotatable bonds is 5. The van der Waals surface area contributed by atoms with Crippen molar-refractivity contribution >= 4 is 5.97 Å². The van der Waals surface area contributed by atoms with E-state index in [1.807, 2.05) is 0 Å². The van der Waals surface area contributed by atoms with Crippen molar-refractivity contribution in [3.05, 3.63) is 17.3 Å². The molecule has 0 bridgehead atoms. The van der Waals surface area contributed by atoms with Gasteiger partial charge in [-0.3, -0.25) is 4.79 Å². The van der Waals surface area contributed by atoms with Gasteiger partial charge >= 0.3 is 12.3 Å². The predicted octanol–water partition coefficient (Wildman–Crippen LogP) is 2.40. The van der Waals surface area contributed by atoms with Crippen LogP contribution in [0.4, 0.5) is 13.2 Å². The largest absolute Gasteiger partial charge is 0.574 e. The van der Waals surface area contributed by atoms with Crippen LogP contribution in [0.2, 0.25) is 0 Å². The molecule has 0 atom stereocenters. The van der Waals surface area contributed by atoms with Crippen LogP contribution in [0, 0.1) is 6.92 Å². The van der Waals surface area contributed by atoms with Crippen molar-refractivity contribution in [3.63, 3.8) is 0 Å². The third-order valence-corrected chi connectivity index (χ3v) is 2.32. The highest BCUT2D eigenvalue weighted by Gasteiger charge is 2.33. The Bertz CT molecular complexity index is 488. The standard InChI is InChI=1S/C12H14F3NO4/c1-4-19-10(17)6-8-5-9(18-3)11(16-7(8)2)20-12(13,14)15/h5H,4,6H2,1-3H3. The van der Waals surface area contributed by atoms with Gasteiger partial charge < -0.3 is 14.2 Å². The van der Waals surface area contributed by atoms with Gasteiger partial charge in [-0.1, -0.05) is 0 Å². The minimum atomic E-state index is -4.87. The van der Waals surface area contributed by atoms with Crippen LogP contribution in [-0.2, 0) is 16.0 Å². The Morgan fingerprint density at radius 2 is 2.05 bits per heavy atom. The molecule has 0 aliphatic rings. The first kappa shape index (κ1) is 16.1. The van der Waals surface area contributed by atoms with Crippen molar-refractivity contribution in [2.75, 3.05) is 13.7 Å². The average molecular weight is 293 g/mol. The number of aromatic nitrogens is 1. The lowest BCUT2D eigenvalue weighted by Crippen LogP contribution is -2.19. The molecule has 0 radical (unpaired) electrons. The molecular weight excluding hydrogens is 279 g/mol. The molecule has 5 nitrogen and oxygen atoms in total. The van der Waals surface area contributed by atoms with E-state index in [4.69, 9.17) is 9.47 Å². The molecule has 1 heterocycles. The minimum Gasteiger partial charge on any atom is -0.491 e. The summed E-state index contributed by atoms with van der Waals surface area (Å²) in [7, 11) is 1.18. The van der Waals surface area contributed by atoms with E-state index < -0.39 is 18.2 Å². The maximum absolute atomic E-state index is 12.2. The normalized spacial score (nSPS) is 11.1. The van der Waals surface area contributed by atoms with Crippen molar-refractivity contribution < 1.29 is 32.2 Å². The highest BCUT2D eigenvalue weighted by Crippen LogP contribution is 2.32. The molecule has 0 aliphatic heterocycles. The van der Waals surface area contributed by atoms with Gasteiger partial charge in [0.05, 0.1) is 20.1 Å². The van der Waals surface area contributed by atoms with Crippen molar-refractivity contribution in [2.45, 2.75) is 26.6 Å². The number of esters is 1. The third-order valence-electron chi connectivity index (χ3n) is 2.32. The lowest BCUT2D eigenvalue weighted by molar-refractivity contribution is -0.276. The second-order valence-corrected chi connectivity index (χ2v) is 3.77. The van der Waals surface area contributed by atoms with Crippen LogP contribution in [0.5, 0.6) is 11.6 Å². The van der Waals surface area contributed by atoms with Crippen LogP contribution in [-0.4, -0.2) is 31.0 Å². The van der Waals surface area contributed by atoms with E-state index in [1.165, 1.54) is 20.1 Å². The zero-order valence-corrected chi connectivity index (χ0v) is 11.2. The Labute approximate surface area is 113 Å². The van der Waals surface area contributed by atoms with E-state index in [-0.39, 0.29) is 24.5 Å². The fraction of sp³-hybridized carbons (Fsp3) is 0.500. The number of ether oxygens (including phenoxy) is 3. The number of aryl methyl sites for hydroxylation is 1. The number of hydrogen-bond donors (Lipinski definition) is 0. The molecule has 0 aliphatic carbocycles. The zero-order valence-electron chi connectivity index (χ0n) is 11.2. The highest BCUT2D eigenvalue weighted by atomic mass is 19.4. The van der Waals surface area contributed by atoms with Gasteiger partial charge in [-0.15, -0.1) is 13.2 Å². The summed E-state index contributed by atoms with van der Waals surface area (Å²) in [4.78, 5) is 15.0. The molecule has 1 aromatic heterocycles. The maximum Gasteiger partial charge on any atom is 0.574 e. The van der Waals surface area contributed by atoms with E-state index in [9.17, 15) is 18.0 Å². The summed E-state index contributed by atoms with van der Waals surface area (Å²) < 4.78 is 49.9. The van der Waals surface area contributed by atoms with Gasteiger partial charge in [0.1, 0.15) is 0 Å². The second kappa shape index (κ2) is 6.44. The fourth-order valence-electron chi connectivity index (χ4n) is 1.48. The van der Waals surface area contributed by atoms with Crippen LogP contribution in [0.15, 0.2) is 6.07 Å². The second-order valence-electron chi connectivity index (χ2n) is 3.77. The van der Waals surface area contributed by atoms with E-state index in [0.717, 1.165) is 0 Å². The molecule has 8 heteroatoms. The van der Waals surface area contributed by atoms with Crippen LogP contribution in [0.25, 0.3) is 0 Å². The van der Waals surface area contributed by atoms with Gasteiger partial charge in [0.2, 0.25) is 0 Å². The average Bonchev–Trinajstić information content (AvgIpc) is 2.31. The van der Waals surface area contributed by atoms with E-state index in [2.05, 4.69) is 9.72 Å². The number of methoxy groups -OCH3 is 1. The Morgan fingerprint density at radius 3 is 2.55 bits per heavy atom. The van der Waals surface area contributed by atoms with Crippen LogP contribution < -0.4 is 9.47 Å². The Kier molecular flexibility index (Phi) is 5.18. The van der Waals surface area contributed by atoms with E-state index >= 15 is 0 Å². The molecule has 0 aromatic carbocycles. The van der Waals surface area contributed by atoms with Gasteiger partial charge in [0.25, 0.3) is 5.88 Å². The lowest BCUT2D eigenvalue weighted by atomic mass is 10.1. The predicted molar refractivity (Wildman–Crippen MR) is 62.5 cm³/mol. The molecule has 0 fully saturated rings. The Hall–Kier alpha value is -1.99. The molecule has 0 saturated carbocycles. The molecule has 0 N–H and O–H groups in total. The monoisotopic (exact) mass is 293 g/mol. The summed E-state index contributed by atoms with van der Waals surface area (Å²) in [5.74, 6) is -1.39. The van der Waals surface area contributed by atoms with Crippen LogP contribution >= 0.6 is 0 Å². The first-order valence-corrected chi connectivity index (χ1v) is 5.72. The van der Waals surface area contributed by atoms with E-state index in [1.54, 1.807) is 6.92 Å². The van der Waals surface area contributed by atoms with Gasteiger partial charge in [-0.25, -0.2) is 4.98 Å². The summed E-state index contributed by atoms with van der Waals surface area (Å²) in [6.45, 7) is 3.35. The Morgan fingerprint density at radius 1 is 1.40 bits per heavy atom. The molecule has 0 spiro atoms. The third kappa shape index (κ3) is 4.60. The molecular formula is C12H14F3NO4. The van der Waals surface area contributed by atoms with Crippen LogP contribution in [0.3, 0.4) is 0 Å². The van der Waals surface area contributed by atoms with Crippen molar-refractivity contribution in [3.8, 4) is 11.6 Å². The van der Waals surface area contributed by atoms with Gasteiger partial charge in [0, 0.05) is 5.69 Å². The van der Waals surface area contributed by atoms with Crippen molar-refractivity contribution in [1.82, 2.24) is 4.98 Å². The first-order chi connectivity index (χ1) is 9.26. The summed E-state index contributed by atoms with van der Waals surface area (Å²) >= 11 is 0. The topological polar surface area (TPSA) is 57.7 Å². The van der Waals surface area contributed by atoms with Gasteiger partial charge in [0.15, 0.2) is 5.75 Å². The SMILES string of the molecule is CCOC(=O)Cc1cc(OC)c(OC(F)(F)F)nc1C.